The molecule has 0 bridgehead atoms. The minimum Gasteiger partial charge on any atom is -0.394 e. The number of rotatable bonds is 2. The van der Waals surface area contributed by atoms with Crippen LogP contribution in [0.25, 0.3) is 5.57 Å². The van der Waals surface area contributed by atoms with Crippen LogP contribution in [0.15, 0.2) is 24.4 Å². The predicted molar refractivity (Wildman–Crippen MR) is 58.9 cm³/mol. The third-order valence-electron chi connectivity index (χ3n) is 1.99. The predicted octanol–water partition coefficient (Wildman–Crippen LogP) is 3.23. The average Bonchev–Trinajstić information content (AvgIpc) is 2.09. The Bertz CT molecular complexity index is 329. The first-order valence-electron chi connectivity index (χ1n) is 4.25. The lowest BCUT2D eigenvalue weighted by molar-refractivity contribution is 1.10. The van der Waals surface area contributed by atoms with Crippen molar-refractivity contribution in [3.63, 3.8) is 0 Å². The van der Waals surface area contributed by atoms with Gasteiger partial charge in [-0.1, -0.05) is 17.7 Å². The third-order valence-corrected chi connectivity index (χ3v) is 2.22. The van der Waals surface area contributed by atoms with Gasteiger partial charge in [-0.15, -0.1) is 0 Å². The van der Waals surface area contributed by atoms with Gasteiger partial charge in [0, 0.05) is 12.1 Å². The summed E-state index contributed by atoms with van der Waals surface area (Å²) in [4.78, 5) is 0. The Hall–Kier alpha value is -0.950. The molecule has 0 aliphatic carbocycles. The van der Waals surface area contributed by atoms with Crippen LogP contribution in [0.4, 0.5) is 0 Å². The van der Waals surface area contributed by atoms with Crippen LogP contribution in [-0.4, -0.2) is 7.05 Å². The quantitative estimate of drug-likeness (QED) is 0.764. The highest BCUT2D eigenvalue weighted by Gasteiger charge is 2.00. The van der Waals surface area contributed by atoms with E-state index in [0.29, 0.717) is 0 Å². The van der Waals surface area contributed by atoms with Gasteiger partial charge in [0.25, 0.3) is 0 Å². The molecule has 0 atom stereocenters. The minimum absolute atomic E-state index is 0.782. The van der Waals surface area contributed by atoms with Crippen molar-refractivity contribution in [2.45, 2.75) is 13.8 Å². The lowest BCUT2D eigenvalue weighted by Gasteiger charge is -2.06. The molecule has 2 heteroatoms. The normalized spacial score (nSPS) is 11.5. The molecule has 70 valence electrons. The monoisotopic (exact) mass is 195 g/mol. The Kier molecular flexibility index (Phi) is 3.38. The number of hydrogen-bond acceptors (Lipinski definition) is 1. The zero-order valence-electron chi connectivity index (χ0n) is 8.19. The molecule has 13 heavy (non-hydrogen) atoms. The van der Waals surface area contributed by atoms with Crippen molar-refractivity contribution >= 4 is 17.2 Å². The van der Waals surface area contributed by atoms with E-state index in [9.17, 15) is 0 Å². The molecule has 1 nitrogen and oxygen atoms in total. The molecule has 0 unspecified atom stereocenters. The van der Waals surface area contributed by atoms with E-state index < -0.39 is 0 Å². The Morgan fingerprint density at radius 2 is 2.15 bits per heavy atom. The van der Waals surface area contributed by atoms with Crippen molar-refractivity contribution in [2.75, 3.05) is 7.05 Å². The van der Waals surface area contributed by atoms with Crippen LogP contribution in [0.3, 0.4) is 0 Å². The van der Waals surface area contributed by atoms with E-state index in [1.807, 2.05) is 31.4 Å². The topological polar surface area (TPSA) is 12.0 Å². The first kappa shape index (κ1) is 10.1. The summed E-state index contributed by atoms with van der Waals surface area (Å²) in [5.74, 6) is 0. The van der Waals surface area contributed by atoms with Crippen LogP contribution >= 0.6 is 11.6 Å². The molecule has 0 saturated carbocycles. The second-order valence-electron chi connectivity index (χ2n) is 3.08. The van der Waals surface area contributed by atoms with Gasteiger partial charge in [0.2, 0.25) is 0 Å². The second kappa shape index (κ2) is 4.33. The number of benzene rings is 1. The Morgan fingerprint density at radius 1 is 1.46 bits per heavy atom. The number of aryl methyl sites for hydroxylation is 1. The molecule has 1 aromatic carbocycles. The molecular formula is C11H14ClN. The molecule has 0 radical (unpaired) electrons. The zero-order chi connectivity index (χ0) is 9.84. The van der Waals surface area contributed by atoms with E-state index in [2.05, 4.69) is 19.2 Å². The summed E-state index contributed by atoms with van der Waals surface area (Å²) in [5.41, 5.74) is 3.64. The van der Waals surface area contributed by atoms with E-state index in [1.54, 1.807) is 0 Å². The highest BCUT2D eigenvalue weighted by Crippen LogP contribution is 2.21. The first-order chi connectivity index (χ1) is 6.15. The molecule has 0 saturated heterocycles. The van der Waals surface area contributed by atoms with Crippen molar-refractivity contribution in [2.24, 2.45) is 0 Å². The van der Waals surface area contributed by atoms with Crippen molar-refractivity contribution in [3.05, 3.63) is 40.5 Å². The number of allylic oxidation sites excluding steroid dienone is 1. The zero-order valence-corrected chi connectivity index (χ0v) is 8.94. The molecule has 0 spiro atoms. The molecule has 0 amide bonds. The molecule has 1 N–H and O–H groups in total. The number of halogens is 1. The number of nitrogens with one attached hydrogen (secondary N) is 1. The highest BCUT2D eigenvalue weighted by molar-refractivity contribution is 6.30. The lowest BCUT2D eigenvalue weighted by atomic mass is 10.0. The van der Waals surface area contributed by atoms with Crippen LogP contribution in [0.5, 0.6) is 0 Å². The summed E-state index contributed by atoms with van der Waals surface area (Å²) in [6.45, 7) is 4.15. The fourth-order valence-electron chi connectivity index (χ4n) is 1.31. The molecule has 1 rings (SSSR count). The van der Waals surface area contributed by atoms with E-state index in [0.717, 1.165) is 5.02 Å². The summed E-state index contributed by atoms with van der Waals surface area (Å²) in [6, 6.07) is 5.93. The minimum atomic E-state index is 0.782. The van der Waals surface area contributed by atoms with Crippen molar-refractivity contribution in [3.8, 4) is 0 Å². The standard InChI is InChI=1S/C11H14ClN/c1-8-4-5-10(12)6-11(8)9(2)7-13-3/h4-7,13H,1-3H3/b9-7-. The summed E-state index contributed by atoms with van der Waals surface area (Å²) in [7, 11) is 1.89. The van der Waals surface area contributed by atoms with Gasteiger partial charge in [0.15, 0.2) is 0 Å². The van der Waals surface area contributed by atoms with Gasteiger partial charge < -0.3 is 5.32 Å². The van der Waals surface area contributed by atoms with E-state index in [-0.39, 0.29) is 0 Å². The Morgan fingerprint density at radius 3 is 2.77 bits per heavy atom. The molecule has 0 aromatic heterocycles. The molecule has 1 aromatic rings. The summed E-state index contributed by atoms with van der Waals surface area (Å²) < 4.78 is 0. The lowest BCUT2D eigenvalue weighted by Crippen LogP contribution is -1.95. The SMILES string of the molecule is CN/C=C(/C)c1cc(Cl)ccc1C. The van der Waals surface area contributed by atoms with Gasteiger partial charge in [-0.3, -0.25) is 0 Å². The smallest absolute Gasteiger partial charge is 0.0412 e. The fraction of sp³-hybridized carbons (Fsp3) is 0.273. The maximum absolute atomic E-state index is 5.91. The summed E-state index contributed by atoms with van der Waals surface area (Å²) in [5, 5.41) is 3.79. The highest BCUT2D eigenvalue weighted by atomic mass is 35.5. The second-order valence-corrected chi connectivity index (χ2v) is 3.51. The van der Waals surface area contributed by atoms with Gasteiger partial charge in [-0.2, -0.15) is 0 Å². The van der Waals surface area contributed by atoms with Gasteiger partial charge in [-0.05, 0) is 48.9 Å². The van der Waals surface area contributed by atoms with Gasteiger partial charge in [-0.25, -0.2) is 0 Å². The third kappa shape index (κ3) is 2.49. The first-order valence-corrected chi connectivity index (χ1v) is 4.63. The van der Waals surface area contributed by atoms with Crippen LogP contribution in [0.1, 0.15) is 18.1 Å². The van der Waals surface area contributed by atoms with Gasteiger partial charge >= 0.3 is 0 Å². The van der Waals surface area contributed by atoms with E-state index in [1.165, 1.54) is 16.7 Å². The molecule has 0 aliphatic heterocycles. The summed E-state index contributed by atoms with van der Waals surface area (Å²) in [6.07, 6.45) is 1.97. The van der Waals surface area contributed by atoms with Crippen LogP contribution in [0, 0.1) is 6.92 Å². The van der Waals surface area contributed by atoms with E-state index >= 15 is 0 Å². The van der Waals surface area contributed by atoms with Gasteiger partial charge in [0.05, 0.1) is 0 Å². The maximum Gasteiger partial charge on any atom is 0.0412 e. The Balaban J connectivity index is 3.13. The van der Waals surface area contributed by atoms with Crippen molar-refractivity contribution < 1.29 is 0 Å². The van der Waals surface area contributed by atoms with Crippen LogP contribution < -0.4 is 5.32 Å². The molecule has 0 heterocycles. The van der Waals surface area contributed by atoms with E-state index in [4.69, 9.17) is 11.6 Å². The molecule has 0 aliphatic rings. The van der Waals surface area contributed by atoms with Crippen LogP contribution in [-0.2, 0) is 0 Å². The maximum atomic E-state index is 5.91. The molecule has 0 fully saturated rings. The Labute approximate surface area is 84.4 Å². The number of hydrogen-bond donors (Lipinski definition) is 1. The molecular weight excluding hydrogens is 182 g/mol. The fourth-order valence-corrected chi connectivity index (χ4v) is 1.49. The van der Waals surface area contributed by atoms with Gasteiger partial charge in [0.1, 0.15) is 0 Å². The largest absolute Gasteiger partial charge is 0.394 e. The summed E-state index contributed by atoms with van der Waals surface area (Å²) >= 11 is 5.91. The average molecular weight is 196 g/mol. The van der Waals surface area contributed by atoms with Crippen LogP contribution in [0.2, 0.25) is 5.02 Å². The van der Waals surface area contributed by atoms with Crippen molar-refractivity contribution in [1.82, 2.24) is 5.32 Å². The van der Waals surface area contributed by atoms with Crippen molar-refractivity contribution in [1.29, 1.82) is 0 Å².